The third kappa shape index (κ3) is 12.7. The molecule has 4 aromatic carbocycles. The van der Waals surface area contributed by atoms with Crippen molar-refractivity contribution >= 4 is 0 Å². The van der Waals surface area contributed by atoms with Gasteiger partial charge >= 0.3 is 0 Å². The summed E-state index contributed by atoms with van der Waals surface area (Å²) >= 11 is 0. The molecule has 0 saturated heterocycles. The van der Waals surface area contributed by atoms with Crippen LogP contribution >= 0.6 is 0 Å². The lowest BCUT2D eigenvalue weighted by molar-refractivity contribution is 0.0597. The van der Waals surface area contributed by atoms with Crippen LogP contribution in [0.25, 0.3) is 22.3 Å². The van der Waals surface area contributed by atoms with Crippen LogP contribution in [0.15, 0.2) is 48.5 Å². The van der Waals surface area contributed by atoms with Gasteiger partial charge in [-0.3, -0.25) is 0 Å². The third-order valence-corrected chi connectivity index (χ3v) is 9.67. The molecule has 2 N–H and O–H groups in total. The summed E-state index contributed by atoms with van der Waals surface area (Å²) in [7, 11) is 6.61. The second-order valence-corrected chi connectivity index (χ2v) is 16.3. The molecule has 2 unspecified atom stereocenters. The Morgan fingerprint density at radius 1 is 0.448 bits per heavy atom. The topological polar surface area (TPSA) is 114 Å². The van der Waals surface area contributed by atoms with Crippen LogP contribution in [0, 0.1) is 33.1 Å². The maximum atomic E-state index is 11.1. The van der Waals surface area contributed by atoms with E-state index in [0.717, 1.165) is 84.0 Å². The molecule has 4 aromatic rings. The van der Waals surface area contributed by atoms with Crippen LogP contribution in [0.5, 0.6) is 23.0 Å². The molecule has 0 radical (unpaired) electrons. The van der Waals surface area contributed by atoms with Crippen molar-refractivity contribution in [3.63, 3.8) is 0 Å². The van der Waals surface area contributed by atoms with Crippen molar-refractivity contribution < 1.29 is 48.1 Å². The molecule has 0 fully saturated rings. The van der Waals surface area contributed by atoms with E-state index >= 15 is 0 Å². The Balaban J connectivity index is 1.50. The largest absolute Gasteiger partial charge is 0.493 e. The van der Waals surface area contributed by atoms with Crippen LogP contribution in [0.2, 0.25) is 0 Å². The zero-order valence-corrected chi connectivity index (χ0v) is 36.8. The Kier molecular flexibility index (Phi) is 17.4. The molecule has 0 aromatic heterocycles. The number of hydrogen-bond donors (Lipinski definition) is 2. The first-order valence-electron chi connectivity index (χ1n) is 20.0. The first-order chi connectivity index (χ1) is 27.6. The number of hydrogen-bond acceptors (Lipinski definition) is 10. The van der Waals surface area contributed by atoms with Crippen molar-refractivity contribution in [1.29, 1.82) is 0 Å². The molecule has 0 aliphatic carbocycles. The van der Waals surface area contributed by atoms with E-state index in [9.17, 15) is 10.2 Å². The molecule has 0 amide bonds. The standard InChI is InChI=1S/C48H66O10/c1-13-55-46-38(23-51-9)18-36(19-39(46)24-52-10)37-20-40(25-53-11)47(41(21-37)26-54-12)58-29-43(50)28-57-45-32(4)16-35(17-33(45)5)34-14-30(2)44(31(3)15-34)56-27-42(49)22-48(6,7)8/h14-21,42-43,49-50H,13,22-29H2,1-12H3. The maximum absolute atomic E-state index is 11.1. The smallest absolute Gasteiger partial charge is 0.130 e. The van der Waals surface area contributed by atoms with E-state index in [0.29, 0.717) is 45.2 Å². The average molecular weight is 803 g/mol. The average Bonchev–Trinajstić information content (AvgIpc) is 3.14. The predicted octanol–water partition coefficient (Wildman–Crippen LogP) is 9.23. The molecule has 0 heterocycles. The molecule has 318 valence electrons. The highest BCUT2D eigenvalue weighted by Gasteiger charge is 2.21. The zero-order chi connectivity index (χ0) is 42.6. The lowest BCUT2D eigenvalue weighted by Crippen LogP contribution is -2.26. The summed E-state index contributed by atoms with van der Waals surface area (Å²) in [5.74, 6) is 2.91. The van der Waals surface area contributed by atoms with Crippen LogP contribution in [-0.4, -0.2) is 77.3 Å². The molecule has 0 aliphatic heterocycles. The molecule has 0 bridgehead atoms. The zero-order valence-electron chi connectivity index (χ0n) is 36.8. The van der Waals surface area contributed by atoms with Gasteiger partial charge in [0.05, 0.1) is 39.1 Å². The van der Waals surface area contributed by atoms with Gasteiger partial charge in [0, 0.05) is 50.7 Å². The van der Waals surface area contributed by atoms with E-state index in [2.05, 4.69) is 57.2 Å². The van der Waals surface area contributed by atoms with E-state index in [1.165, 1.54) is 0 Å². The second kappa shape index (κ2) is 21.7. The van der Waals surface area contributed by atoms with Crippen LogP contribution in [0.4, 0.5) is 0 Å². The monoisotopic (exact) mass is 802 g/mol. The molecule has 0 aliphatic rings. The Bertz CT molecular complexity index is 1850. The van der Waals surface area contributed by atoms with Gasteiger partial charge in [0.15, 0.2) is 0 Å². The van der Waals surface area contributed by atoms with Crippen LogP contribution < -0.4 is 18.9 Å². The molecule has 0 saturated carbocycles. The minimum atomic E-state index is -0.914. The number of aliphatic hydroxyl groups excluding tert-OH is 2. The first kappa shape index (κ1) is 46.5. The van der Waals surface area contributed by atoms with E-state index < -0.39 is 12.2 Å². The number of aliphatic hydroxyl groups is 2. The summed E-state index contributed by atoms with van der Waals surface area (Å²) < 4.78 is 47.0. The van der Waals surface area contributed by atoms with Crippen molar-refractivity contribution in [2.75, 3.05) is 54.9 Å². The highest BCUT2D eigenvalue weighted by atomic mass is 16.5. The van der Waals surface area contributed by atoms with Crippen molar-refractivity contribution in [2.24, 2.45) is 5.41 Å². The Morgan fingerprint density at radius 3 is 1.05 bits per heavy atom. The van der Waals surface area contributed by atoms with E-state index in [1.54, 1.807) is 28.4 Å². The van der Waals surface area contributed by atoms with E-state index in [-0.39, 0.29) is 25.2 Å². The SMILES string of the molecule is CCOc1c(COC)cc(-c2cc(COC)c(OCC(O)COc3c(C)cc(-c4cc(C)c(OCC(O)CC(C)(C)C)c(C)c4)cc3C)c(COC)c2)cc1COC. The Labute approximate surface area is 346 Å². The molecule has 10 heteroatoms. The van der Waals surface area contributed by atoms with Gasteiger partial charge in [-0.05, 0) is 139 Å². The highest BCUT2D eigenvalue weighted by molar-refractivity contribution is 5.72. The van der Waals surface area contributed by atoms with Crippen molar-refractivity contribution in [3.8, 4) is 45.3 Å². The van der Waals surface area contributed by atoms with Gasteiger partial charge in [0.25, 0.3) is 0 Å². The number of rotatable bonds is 22. The fourth-order valence-corrected chi connectivity index (χ4v) is 7.45. The van der Waals surface area contributed by atoms with Gasteiger partial charge in [-0.1, -0.05) is 20.8 Å². The normalized spacial score (nSPS) is 12.7. The predicted molar refractivity (Wildman–Crippen MR) is 229 cm³/mol. The van der Waals surface area contributed by atoms with Gasteiger partial charge in [0.1, 0.15) is 48.9 Å². The van der Waals surface area contributed by atoms with Gasteiger partial charge in [0.2, 0.25) is 0 Å². The molecule has 0 spiro atoms. The molecular formula is C48H66O10. The summed E-state index contributed by atoms with van der Waals surface area (Å²) in [5, 5.41) is 21.6. The van der Waals surface area contributed by atoms with Crippen molar-refractivity contribution in [3.05, 3.63) is 93.0 Å². The molecular weight excluding hydrogens is 737 g/mol. The second-order valence-electron chi connectivity index (χ2n) is 16.3. The fraction of sp³-hybridized carbons (Fsp3) is 0.500. The van der Waals surface area contributed by atoms with Crippen molar-refractivity contribution in [2.45, 2.75) is 100 Å². The summed E-state index contributed by atoms with van der Waals surface area (Å²) in [6.45, 7) is 18.6. The van der Waals surface area contributed by atoms with Gasteiger partial charge in [-0.2, -0.15) is 0 Å². The Morgan fingerprint density at radius 2 is 0.741 bits per heavy atom. The molecule has 4 rings (SSSR count). The van der Waals surface area contributed by atoms with Gasteiger partial charge in [-0.15, -0.1) is 0 Å². The summed E-state index contributed by atoms with van der Waals surface area (Å²) in [6, 6.07) is 16.7. The number of ether oxygens (including phenoxy) is 8. The van der Waals surface area contributed by atoms with Crippen LogP contribution in [0.1, 0.15) is 78.6 Å². The van der Waals surface area contributed by atoms with Crippen LogP contribution in [0.3, 0.4) is 0 Å². The lowest BCUT2D eigenvalue weighted by atomic mass is 9.89. The van der Waals surface area contributed by atoms with Gasteiger partial charge < -0.3 is 48.1 Å². The van der Waals surface area contributed by atoms with E-state index in [1.807, 2.05) is 46.8 Å². The summed E-state index contributed by atoms with van der Waals surface area (Å²) in [6.07, 6.45) is -0.780. The number of benzene rings is 4. The maximum Gasteiger partial charge on any atom is 0.130 e. The quantitative estimate of drug-likeness (QED) is 0.0798. The number of methoxy groups -OCH3 is 4. The summed E-state index contributed by atoms with van der Waals surface area (Å²) in [5.41, 5.74) is 11.5. The van der Waals surface area contributed by atoms with Crippen LogP contribution in [-0.2, 0) is 45.4 Å². The molecule has 10 nitrogen and oxygen atoms in total. The van der Waals surface area contributed by atoms with E-state index in [4.69, 9.17) is 37.9 Å². The first-order valence-corrected chi connectivity index (χ1v) is 20.0. The number of aryl methyl sites for hydroxylation is 4. The minimum Gasteiger partial charge on any atom is -0.493 e. The molecule has 58 heavy (non-hydrogen) atoms. The lowest BCUT2D eigenvalue weighted by Gasteiger charge is -2.23. The minimum absolute atomic E-state index is 0.00217. The highest BCUT2D eigenvalue weighted by Crippen LogP contribution is 2.38. The summed E-state index contributed by atoms with van der Waals surface area (Å²) in [4.78, 5) is 0. The van der Waals surface area contributed by atoms with Gasteiger partial charge in [-0.25, -0.2) is 0 Å². The fourth-order valence-electron chi connectivity index (χ4n) is 7.45. The van der Waals surface area contributed by atoms with Crippen molar-refractivity contribution in [1.82, 2.24) is 0 Å². The third-order valence-electron chi connectivity index (χ3n) is 9.67. The Hall–Kier alpha value is -4.16. The molecule has 2 atom stereocenters.